The molecule has 0 fully saturated rings. The number of hydrogen-bond donors (Lipinski definition) is 2. The Bertz CT molecular complexity index is 279. The number of phenolic OH excluding ortho intramolecular Hbond substituents is 2. The van der Waals surface area contributed by atoms with E-state index in [4.69, 9.17) is 0 Å². The van der Waals surface area contributed by atoms with Crippen LogP contribution in [0.5, 0.6) is 11.5 Å². The van der Waals surface area contributed by atoms with Crippen molar-refractivity contribution in [2.24, 2.45) is 0 Å². The highest BCUT2D eigenvalue weighted by Crippen LogP contribution is 2.31. The highest BCUT2D eigenvalue weighted by Gasteiger charge is 2.16. The van der Waals surface area contributed by atoms with Gasteiger partial charge >= 0.3 is 0 Å². The zero-order valence-corrected chi connectivity index (χ0v) is 6.62. The van der Waals surface area contributed by atoms with Crippen molar-refractivity contribution >= 4 is 0 Å². The lowest BCUT2D eigenvalue weighted by molar-refractivity contribution is 0.436. The molecule has 3 nitrogen and oxygen atoms in total. The monoisotopic (exact) mass is 164 g/mol. The third-order valence-electron chi connectivity index (χ3n) is 2.17. The maximum Gasteiger partial charge on any atom is 0.120 e. The van der Waals surface area contributed by atoms with Gasteiger partial charge in [-0.25, -0.2) is 5.32 Å². The van der Waals surface area contributed by atoms with Crippen LogP contribution in [0, 0.1) is 0 Å². The maximum absolute atomic E-state index is 9.43. The van der Waals surface area contributed by atoms with Gasteiger partial charge in [0.05, 0.1) is 0 Å². The van der Waals surface area contributed by atoms with Gasteiger partial charge < -0.3 is 10.2 Å². The van der Waals surface area contributed by atoms with E-state index in [1.807, 2.05) is 0 Å². The van der Waals surface area contributed by atoms with Crippen molar-refractivity contribution < 1.29 is 10.2 Å². The molecule has 12 heavy (non-hydrogen) atoms. The SMILES string of the molecule is Oc1ccc(O)c2c1CC[N]C2. The summed E-state index contributed by atoms with van der Waals surface area (Å²) in [6.45, 7) is 1.26. The number of aromatic hydroxyl groups is 2. The van der Waals surface area contributed by atoms with E-state index in [0.717, 1.165) is 24.1 Å². The molecule has 63 valence electrons. The summed E-state index contributed by atoms with van der Waals surface area (Å²) in [7, 11) is 0. The Morgan fingerprint density at radius 2 is 1.75 bits per heavy atom. The third-order valence-corrected chi connectivity index (χ3v) is 2.17. The largest absolute Gasteiger partial charge is 0.508 e. The normalized spacial score (nSPS) is 15.7. The fraction of sp³-hybridized carbons (Fsp3) is 0.333. The zero-order valence-electron chi connectivity index (χ0n) is 6.62. The molecule has 1 aromatic rings. The molecule has 0 aromatic heterocycles. The molecule has 1 aromatic carbocycles. The molecule has 0 unspecified atom stereocenters. The van der Waals surface area contributed by atoms with E-state index in [0.29, 0.717) is 6.54 Å². The van der Waals surface area contributed by atoms with E-state index < -0.39 is 0 Å². The maximum atomic E-state index is 9.43. The molecule has 1 aliphatic rings. The van der Waals surface area contributed by atoms with Crippen molar-refractivity contribution in [2.75, 3.05) is 6.54 Å². The number of rotatable bonds is 0. The van der Waals surface area contributed by atoms with E-state index in [9.17, 15) is 10.2 Å². The average Bonchev–Trinajstić information content (AvgIpc) is 2.12. The van der Waals surface area contributed by atoms with Gasteiger partial charge in [-0.05, 0) is 18.6 Å². The van der Waals surface area contributed by atoms with Crippen LogP contribution in [0.25, 0.3) is 0 Å². The zero-order chi connectivity index (χ0) is 8.55. The molecule has 0 saturated carbocycles. The van der Waals surface area contributed by atoms with Crippen LogP contribution in [-0.2, 0) is 13.0 Å². The molecular formula is C9H10NO2. The Labute approximate surface area is 70.7 Å². The van der Waals surface area contributed by atoms with Crippen molar-refractivity contribution in [3.63, 3.8) is 0 Å². The first-order chi connectivity index (χ1) is 5.79. The van der Waals surface area contributed by atoms with E-state index in [2.05, 4.69) is 5.32 Å². The number of benzene rings is 1. The molecular weight excluding hydrogens is 154 g/mol. The van der Waals surface area contributed by atoms with Gasteiger partial charge in [0.1, 0.15) is 11.5 Å². The molecule has 0 bridgehead atoms. The van der Waals surface area contributed by atoms with Crippen LogP contribution in [0.15, 0.2) is 12.1 Å². The topological polar surface area (TPSA) is 54.6 Å². The lowest BCUT2D eigenvalue weighted by Gasteiger charge is -2.17. The van der Waals surface area contributed by atoms with Crippen molar-refractivity contribution in [2.45, 2.75) is 13.0 Å². The summed E-state index contributed by atoms with van der Waals surface area (Å²) < 4.78 is 0. The van der Waals surface area contributed by atoms with Crippen molar-refractivity contribution in [1.29, 1.82) is 0 Å². The molecule has 0 aliphatic carbocycles. The fourth-order valence-electron chi connectivity index (χ4n) is 1.51. The number of nitrogens with zero attached hydrogens (tertiary/aromatic N) is 1. The summed E-state index contributed by atoms with van der Waals surface area (Å²) in [5, 5.41) is 23.0. The summed E-state index contributed by atoms with van der Waals surface area (Å²) in [5.41, 5.74) is 1.63. The Morgan fingerprint density at radius 1 is 1.08 bits per heavy atom. The predicted octanol–water partition coefficient (Wildman–Crippen LogP) is 0.758. The van der Waals surface area contributed by atoms with E-state index in [1.165, 1.54) is 12.1 Å². The second kappa shape index (κ2) is 2.68. The van der Waals surface area contributed by atoms with Crippen molar-refractivity contribution in [3.05, 3.63) is 23.3 Å². The molecule has 2 rings (SSSR count). The Hall–Kier alpha value is -1.22. The first-order valence-electron chi connectivity index (χ1n) is 3.95. The lowest BCUT2D eigenvalue weighted by atomic mass is 9.99. The Morgan fingerprint density at radius 3 is 2.42 bits per heavy atom. The summed E-state index contributed by atoms with van der Waals surface area (Å²) in [6, 6.07) is 3.04. The van der Waals surface area contributed by atoms with Crippen LogP contribution >= 0.6 is 0 Å². The van der Waals surface area contributed by atoms with Crippen LogP contribution in [0.2, 0.25) is 0 Å². The summed E-state index contributed by atoms with van der Waals surface area (Å²) in [6.07, 6.45) is 0.732. The molecule has 3 heteroatoms. The van der Waals surface area contributed by atoms with Gasteiger partial charge in [0.15, 0.2) is 0 Å². The van der Waals surface area contributed by atoms with Gasteiger partial charge in [0.25, 0.3) is 0 Å². The van der Waals surface area contributed by atoms with Gasteiger partial charge in [-0.2, -0.15) is 0 Å². The molecule has 0 atom stereocenters. The van der Waals surface area contributed by atoms with Crippen molar-refractivity contribution in [3.8, 4) is 11.5 Å². The lowest BCUT2D eigenvalue weighted by Crippen LogP contribution is -2.17. The highest BCUT2D eigenvalue weighted by molar-refractivity contribution is 5.48. The Balaban J connectivity index is 2.57. The van der Waals surface area contributed by atoms with E-state index >= 15 is 0 Å². The Kier molecular flexibility index (Phi) is 1.66. The van der Waals surface area contributed by atoms with Crippen LogP contribution < -0.4 is 5.32 Å². The number of hydrogen-bond acceptors (Lipinski definition) is 2. The van der Waals surface area contributed by atoms with Crippen molar-refractivity contribution in [1.82, 2.24) is 5.32 Å². The molecule has 1 heterocycles. The second-order valence-corrected chi connectivity index (χ2v) is 2.92. The van der Waals surface area contributed by atoms with Gasteiger partial charge in [0, 0.05) is 24.2 Å². The molecule has 0 saturated heterocycles. The van der Waals surface area contributed by atoms with Crippen LogP contribution in [-0.4, -0.2) is 16.8 Å². The van der Waals surface area contributed by atoms with Gasteiger partial charge in [0.2, 0.25) is 0 Å². The minimum atomic E-state index is 0.242. The minimum absolute atomic E-state index is 0.242. The highest BCUT2D eigenvalue weighted by atomic mass is 16.3. The smallest absolute Gasteiger partial charge is 0.120 e. The van der Waals surface area contributed by atoms with Gasteiger partial charge in [-0.1, -0.05) is 0 Å². The first-order valence-corrected chi connectivity index (χ1v) is 3.95. The predicted molar refractivity (Wildman–Crippen MR) is 44.2 cm³/mol. The molecule has 1 aliphatic heterocycles. The summed E-state index contributed by atoms with van der Waals surface area (Å²) >= 11 is 0. The van der Waals surface area contributed by atoms with Crippen LogP contribution in [0.3, 0.4) is 0 Å². The summed E-state index contributed by atoms with van der Waals surface area (Å²) in [5.74, 6) is 0.518. The number of phenols is 2. The first kappa shape index (κ1) is 7.43. The van der Waals surface area contributed by atoms with Gasteiger partial charge in [-0.15, -0.1) is 0 Å². The van der Waals surface area contributed by atoms with Gasteiger partial charge in [-0.3, -0.25) is 0 Å². The van der Waals surface area contributed by atoms with E-state index in [-0.39, 0.29) is 11.5 Å². The minimum Gasteiger partial charge on any atom is -0.508 e. The second-order valence-electron chi connectivity index (χ2n) is 2.92. The van der Waals surface area contributed by atoms with Crippen LogP contribution in [0.4, 0.5) is 0 Å². The standard InChI is InChI=1S/C9H10NO2/c11-8-1-2-9(12)7-5-10-4-3-6(7)8/h1-2,11-12H,3-5H2. The quantitative estimate of drug-likeness (QED) is 0.556. The molecule has 1 radical (unpaired) electrons. The molecule has 2 N–H and O–H groups in total. The summed E-state index contributed by atoms with van der Waals surface area (Å²) in [4.78, 5) is 0. The third kappa shape index (κ3) is 1.02. The van der Waals surface area contributed by atoms with Crippen LogP contribution in [0.1, 0.15) is 11.1 Å². The fourth-order valence-corrected chi connectivity index (χ4v) is 1.51. The molecule has 0 spiro atoms. The number of fused-ring (bicyclic) bond motifs is 1. The van der Waals surface area contributed by atoms with E-state index in [1.54, 1.807) is 0 Å². The average molecular weight is 164 g/mol. The molecule has 0 amide bonds.